The monoisotopic (exact) mass is 266 g/mol. The van der Waals surface area contributed by atoms with Crippen molar-refractivity contribution >= 4 is 31.9 Å². The van der Waals surface area contributed by atoms with Gasteiger partial charge < -0.3 is 0 Å². The Labute approximate surface area is 79.0 Å². The average molecular weight is 268 g/mol. The van der Waals surface area contributed by atoms with Gasteiger partial charge in [-0.15, -0.1) is 0 Å². The molecule has 2 rings (SSSR count). The van der Waals surface area contributed by atoms with E-state index >= 15 is 0 Å². The quantitative estimate of drug-likeness (QED) is 0.591. The molecule has 2 aliphatic carbocycles. The summed E-state index contributed by atoms with van der Waals surface area (Å²) in [5.41, 5.74) is 0. The van der Waals surface area contributed by atoms with Gasteiger partial charge in [-0.3, -0.25) is 0 Å². The van der Waals surface area contributed by atoms with Crippen LogP contribution in [0, 0.1) is 11.8 Å². The molecule has 0 aliphatic heterocycles. The highest BCUT2D eigenvalue weighted by molar-refractivity contribution is 9.10. The van der Waals surface area contributed by atoms with E-state index in [4.69, 9.17) is 0 Å². The molecule has 2 aliphatic rings. The number of rotatable bonds is 0. The highest BCUT2D eigenvalue weighted by Gasteiger charge is 2.39. The van der Waals surface area contributed by atoms with Crippen LogP contribution in [0.2, 0.25) is 0 Å². The maximum atomic E-state index is 3.75. The molecule has 0 N–H and O–H groups in total. The number of halogens is 2. The van der Waals surface area contributed by atoms with E-state index in [1.807, 2.05) is 0 Å². The molecule has 10 heavy (non-hydrogen) atoms. The summed E-state index contributed by atoms with van der Waals surface area (Å²) in [5, 5.41) is 0. The number of fused-ring (bicyclic) bond motifs is 2. The first-order valence-corrected chi connectivity index (χ1v) is 5.88. The Balaban J connectivity index is 2.09. The van der Waals surface area contributed by atoms with Crippen molar-refractivity contribution in [3.63, 3.8) is 0 Å². The summed E-state index contributed by atoms with van der Waals surface area (Å²) in [7, 11) is 0. The van der Waals surface area contributed by atoms with Gasteiger partial charge in [0, 0.05) is 9.65 Å². The second-order valence-corrected chi connectivity index (χ2v) is 5.95. The number of hydrogen-bond donors (Lipinski definition) is 0. The lowest BCUT2D eigenvalue weighted by atomic mass is 9.89. The van der Waals surface area contributed by atoms with Crippen molar-refractivity contribution in [1.82, 2.24) is 0 Å². The molecule has 4 atom stereocenters. The van der Waals surface area contributed by atoms with E-state index in [1.54, 1.807) is 0 Å². The molecule has 0 unspecified atom stereocenters. The summed E-state index contributed by atoms with van der Waals surface area (Å²) in [5.74, 6) is 2.00. The summed E-state index contributed by atoms with van der Waals surface area (Å²) >= 11 is 7.50. The maximum absolute atomic E-state index is 3.75. The summed E-state index contributed by atoms with van der Waals surface area (Å²) in [4.78, 5) is 1.60. The van der Waals surface area contributed by atoms with E-state index in [0.29, 0.717) is 0 Å². The van der Waals surface area contributed by atoms with E-state index in [0.717, 1.165) is 21.5 Å². The Morgan fingerprint density at radius 3 is 1.80 bits per heavy atom. The topological polar surface area (TPSA) is 0 Å². The molecule has 2 fully saturated rings. The fourth-order valence-electron chi connectivity index (χ4n) is 2.31. The molecule has 0 nitrogen and oxygen atoms in total. The Bertz CT molecular complexity index is 121. The molecule has 58 valence electrons. The highest BCUT2D eigenvalue weighted by Crippen LogP contribution is 2.47. The predicted octanol–water partition coefficient (Wildman–Crippen LogP) is 3.33. The van der Waals surface area contributed by atoms with Crippen LogP contribution in [0.25, 0.3) is 0 Å². The molecule has 2 heteroatoms. The lowest BCUT2D eigenvalue weighted by Crippen LogP contribution is -2.25. The van der Waals surface area contributed by atoms with Crippen molar-refractivity contribution in [2.45, 2.75) is 35.3 Å². The van der Waals surface area contributed by atoms with Crippen molar-refractivity contribution in [1.29, 1.82) is 0 Å². The summed E-state index contributed by atoms with van der Waals surface area (Å²) in [6.07, 6.45) is 5.73. The van der Waals surface area contributed by atoms with Crippen LogP contribution >= 0.6 is 31.9 Å². The zero-order valence-corrected chi connectivity index (χ0v) is 9.07. The van der Waals surface area contributed by atoms with Crippen molar-refractivity contribution in [2.24, 2.45) is 11.8 Å². The van der Waals surface area contributed by atoms with Gasteiger partial charge >= 0.3 is 0 Å². The van der Waals surface area contributed by atoms with Crippen molar-refractivity contribution in [3.8, 4) is 0 Å². The van der Waals surface area contributed by atoms with Gasteiger partial charge in [-0.2, -0.15) is 0 Å². The lowest BCUT2D eigenvalue weighted by molar-refractivity contribution is 0.388. The van der Waals surface area contributed by atoms with E-state index < -0.39 is 0 Å². The Morgan fingerprint density at radius 1 is 0.800 bits per heavy atom. The molecular weight excluding hydrogens is 256 g/mol. The first kappa shape index (κ1) is 7.60. The number of alkyl halides is 2. The van der Waals surface area contributed by atoms with E-state index in [9.17, 15) is 0 Å². The zero-order valence-electron chi connectivity index (χ0n) is 5.89. The SMILES string of the molecule is Br[C@@H]1C[C@H](Br)[C@H]2CC[C@@H]1C2. The second-order valence-electron chi connectivity index (χ2n) is 3.60. The molecule has 2 saturated carbocycles. The van der Waals surface area contributed by atoms with Crippen LogP contribution in [-0.4, -0.2) is 9.65 Å². The van der Waals surface area contributed by atoms with E-state index in [-0.39, 0.29) is 0 Å². The van der Waals surface area contributed by atoms with Gasteiger partial charge in [0.1, 0.15) is 0 Å². The molecule has 2 bridgehead atoms. The molecule has 0 radical (unpaired) electrons. The molecule has 0 amide bonds. The van der Waals surface area contributed by atoms with Crippen molar-refractivity contribution in [2.75, 3.05) is 0 Å². The van der Waals surface area contributed by atoms with E-state index in [1.165, 1.54) is 25.7 Å². The summed E-state index contributed by atoms with van der Waals surface area (Å²) < 4.78 is 0. The first-order valence-electron chi connectivity index (χ1n) is 4.05. The van der Waals surface area contributed by atoms with Crippen LogP contribution in [0.5, 0.6) is 0 Å². The van der Waals surface area contributed by atoms with Gasteiger partial charge in [0.15, 0.2) is 0 Å². The van der Waals surface area contributed by atoms with Gasteiger partial charge in [-0.05, 0) is 37.5 Å². The molecule has 0 heterocycles. The summed E-state index contributed by atoms with van der Waals surface area (Å²) in [6.45, 7) is 0. The second kappa shape index (κ2) is 2.78. The predicted molar refractivity (Wildman–Crippen MR) is 50.9 cm³/mol. The van der Waals surface area contributed by atoms with Crippen molar-refractivity contribution in [3.05, 3.63) is 0 Å². The third-order valence-corrected chi connectivity index (χ3v) is 5.23. The average Bonchev–Trinajstić information content (AvgIpc) is 2.28. The normalized spacial score (nSPS) is 53.4. The molecule has 0 aromatic rings. The maximum Gasteiger partial charge on any atom is 0.0184 e. The third kappa shape index (κ3) is 1.18. The summed E-state index contributed by atoms with van der Waals surface area (Å²) in [6, 6.07) is 0. The largest absolute Gasteiger partial charge is 0.0887 e. The fraction of sp³-hybridized carbons (Fsp3) is 1.00. The molecule has 0 saturated heterocycles. The Morgan fingerprint density at radius 2 is 1.30 bits per heavy atom. The van der Waals surface area contributed by atoms with E-state index in [2.05, 4.69) is 31.9 Å². The Hall–Kier alpha value is 0.960. The van der Waals surface area contributed by atoms with Crippen LogP contribution < -0.4 is 0 Å². The van der Waals surface area contributed by atoms with Gasteiger partial charge in [-0.25, -0.2) is 0 Å². The van der Waals surface area contributed by atoms with Crippen molar-refractivity contribution < 1.29 is 0 Å². The van der Waals surface area contributed by atoms with Crippen LogP contribution in [0.15, 0.2) is 0 Å². The number of hydrogen-bond acceptors (Lipinski definition) is 0. The smallest absolute Gasteiger partial charge is 0.0184 e. The zero-order chi connectivity index (χ0) is 7.14. The molecule has 0 spiro atoms. The molecule has 0 aromatic carbocycles. The van der Waals surface area contributed by atoms with Gasteiger partial charge in [-0.1, -0.05) is 31.9 Å². The van der Waals surface area contributed by atoms with Crippen LogP contribution in [0.3, 0.4) is 0 Å². The van der Waals surface area contributed by atoms with Gasteiger partial charge in [0.25, 0.3) is 0 Å². The van der Waals surface area contributed by atoms with Gasteiger partial charge in [0.2, 0.25) is 0 Å². The lowest BCUT2D eigenvalue weighted by Gasteiger charge is -2.28. The fourth-order valence-corrected chi connectivity index (χ4v) is 4.58. The van der Waals surface area contributed by atoms with Gasteiger partial charge in [0.05, 0.1) is 0 Å². The third-order valence-electron chi connectivity index (χ3n) is 2.99. The molecular formula is C8H12Br2. The van der Waals surface area contributed by atoms with Crippen LogP contribution in [-0.2, 0) is 0 Å². The first-order chi connectivity index (χ1) is 4.77. The minimum Gasteiger partial charge on any atom is -0.0887 e. The standard InChI is InChI=1S/C8H12Br2/c9-7-4-8(10)6-2-1-5(7)3-6/h5-8H,1-4H2/t5-,6+,7-,8+. The minimum atomic E-state index is 0.802. The highest BCUT2D eigenvalue weighted by atomic mass is 79.9. The Kier molecular flexibility index (Phi) is 2.11. The minimum absolute atomic E-state index is 0.802. The molecule has 0 aromatic heterocycles. The van der Waals surface area contributed by atoms with Crippen LogP contribution in [0.4, 0.5) is 0 Å². The van der Waals surface area contributed by atoms with Crippen LogP contribution in [0.1, 0.15) is 25.7 Å².